The lowest BCUT2D eigenvalue weighted by molar-refractivity contribution is -0.159. The summed E-state index contributed by atoms with van der Waals surface area (Å²) in [5, 5.41) is 2.57. The zero-order chi connectivity index (χ0) is 17.5. The molecule has 1 aromatic carbocycles. The summed E-state index contributed by atoms with van der Waals surface area (Å²) in [4.78, 5) is 36.6. The van der Waals surface area contributed by atoms with Gasteiger partial charge < -0.3 is 14.8 Å². The highest BCUT2D eigenvalue weighted by Gasteiger charge is 2.51. The van der Waals surface area contributed by atoms with Gasteiger partial charge in [-0.15, -0.1) is 6.58 Å². The fraction of sp³-hybridized carbons (Fsp3) is 0.353. The van der Waals surface area contributed by atoms with E-state index in [4.69, 9.17) is 4.74 Å². The van der Waals surface area contributed by atoms with Crippen molar-refractivity contribution in [2.75, 3.05) is 14.2 Å². The molecule has 0 spiro atoms. The molecule has 1 aromatic rings. The van der Waals surface area contributed by atoms with Gasteiger partial charge in [0.1, 0.15) is 5.78 Å². The molecule has 23 heavy (non-hydrogen) atoms. The average molecular weight is 319 g/mol. The number of allylic oxidation sites excluding steroid dienone is 1. The number of ether oxygens (including phenoxy) is 2. The fourth-order valence-corrected chi connectivity index (χ4v) is 2.53. The Hall–Kier alpha value is -2.63. The van der Waals surface area contributed by atoms with Crippen LogP contribution in [0.1, 0.15) is 24.9 Å². The van der Waals surface area contributed by atoms with E-state index in [1.807, 2.05) is 0 Å². The van der Waals surface area contributed by atoms with E-state index < -0.39 is 29.3 Å². The van der Waals surface area contributed by atoms with Crippen molar-refractivity contribution in [3.8, 4) is 0 Å². The number of methoxy groups -OCH3 is 2. The maximum atomic E-state index is 12.5. The summed E-state index contributed by atoms with van der Waals surface area (Å²) >= 11 is 0. The van der Waals surface area contributed by atoms with Crippen molar-refractivity contribution in [3.63, 3.8) is 0 Å². The summed E-state index contributed by atoms with van der Waals surface area (Å²) < 4.78 is 9.48. The Morgan fingerprint density at radius 3 is 2.26 bits per heavy atom. The molecule has 0 bridgehead atoms. The molecule has 1 rings (SSSR count). The average Bonchev–Trinajstić information content (AvgIpc) is 2.57. The minimum Gasteiger partial charge on any atom is -0.468 e. The van der Waals surface area contributed by atoms with Crippen LogP contribution in [0.4, 0.5) is 4.79 Å². The summed E-state index contributed by atoms with van der Waals surface area (Å²) in [5.74, 6) is -1.18. The van der Waals surface area contributed by atoms with Gasteiger partial charge in [0.15, 0.2) is 5.41 Å². The van der Waals surface area contributed by atoms with Crippen LogP contribution in [-0.4, -0.2) is 32.1 Å². The number of amides is 1. The second-order valence-corrected chi connectivity index (χ2v) is 4.99. The van der Waals surface area contributed by atoms with Crippen LogP contribution in [0, 0.1) is 5.41 Å². The molecule has 0 saturated carbocycles. The summed E-state index contributed by atoms with van der Waals surface area (Å²) in [6.45, 7) is 4.90. The number of nitrogens with one attached hydrogen (secondary N) is 1. The molecule has 124 valence electrons. The van der Waals surface area contributed by atoms with Crippen LogP contribution >= 0.6 is 0 Å². The van der Waals surface area contributed by atoms with Gasteiger partial charge in [0, 0.05) is 0 Å². The first-order valence-electron chi connectivity index (χ1n) is 7.03. The predicted molar refractivity (Wildman–Crippen MR) is 84.7 cm³/mol. The Morgan fingerprint density at radius 2 is 1.83 bits per heavy atom. The molecule has 0 saturated heterocycles. The van der Waals surface area contributed by atoms with Gasteiger partial charge in [-0.1, -0.05) is 36.4 Å². The fourth-order valence-electron chi connectivity index (χ4n) is 2.53. The highest BCUT2D eigenvalue weighted by Crippen LogP contribution is 2.40. The molecule has 0 aliphatic heterocycles. The molecule has 0 unspecified atom stereocenters. The van der Waals surface area contributed by atoms with Crippen LogP contribution < -0.4 is 5.32 Å². The number of benzene rings is 1. The van der Waals surface area contributed by atoms with E-state index >= 15 is 0 Å². The summed E-state index contributed by atoms with van der Waals surface area (Å²) in [6.07, 6.45) is 0.712. The van der Waals surface area contributed by atoms with E-state index in [1.165, 1.54) is 27.2 Å². The molecule has 6 nitrogen and oxygen atoms in total. The number of hydrogen-bond acceptors (Lipinski definition) is 5. The van der Waals surface area contributed by atoms with E-state index in [-0.39, 0.29) is 6.42 Å². The standard InChI is InChI=1S/C17H21NO5/c1-5-11-17(12(2)19,15(20)22-3)14(18-16(21)23-4)13-9-7-6-8-10-13/h5-10,14H,1,11H2,2-4H3,(H,18,21)/t14-,17-/m0/s1. The molecule has 6 heteroatoms. The number of esters is 1. The maximum Gasteiger partial charge on any atom is 0.407 e. The number of carbonyl (C=O) groups is 3. The van der Waals surface area contributed by atoms with E-state index in [0.717, 1.165) is 0 Å². The summed E-state index contributed by atoms with van der Waals surface area (Å²) in [7, 11) is 2.40. The number of carbonyl (C=O) groups excluding carboxylic acids is 3. The van der Waals surface area contributed by atoms with E-state index in [2.05, 4.69) is 16.6 Å². The predicted octanol–water partition coefficient (Wildman–Crippen LogP) is 2.41. The third-order valence-corrected chi connectivity index (χ3v) is 3.72. The topological polar surface area (TPSA) is 81.7 Å². The number of Topliss-reactive ketones (excluding diaryl/α,β-unsaturated/α-hetero) is 1. The van der Waals surface area contributed by atoms with Crippen molar-refractivity contribution in [3.05, 3.63) is 48.6 Å². The Balaban J connectivity index is 3.53. The molecular weight excluding hydrogens is 298 g/mol. The minimum absolute atomic E-state index is 0.0125. The lowest BCUT2D eigenvalue weighted by atomic mass is 9.71. The molecule has 1 N–H and O–H groups in total. The first kappa shape index (κ1) is 18.4. The second kappa shape index (κ2) is 8.12. The highest BCUT2D eigenvalue weighted by atomic mass is 16.5. The van der Waals surface area contributed by atoms with Crippen molar-refractivity contribution in [1.82, 2.24) is 5.32 Å². The van der Waals surface area contributed by atoms with Gasteiger partial charge in [-0.2, -0.15) is 0 Å². The van der Waals surface area contributed by atoms with E-state index in [0.29, 0.717) is 5.56 Å². The lowest BCUT2D eigenvalue weighted by Crippen LogP contribution is -2.50. The largest absolute Gasteiger partial charge is 0.468 e. The van der Waals surface area contributed by atoms with Crippen molar-refractivity contribution >= 4 is 17.8 Å². The smallest absolute Gasteiger partial charge is 0.407 e. The van der Waals surface area contributed by atoms with Crippen molar-refractivity contribution in [1.29, 1.82) is 0 Å². The van der Waals surface area contributed by atoms with E-state index in [9.17, 15) is 14.4 Å². The Labute approximate surface area is 135 Å². The summed E-state index contributed by atoms with van der Waals surface area (Å²) in [6, 6.07) is 7.77. The number of hydrogen-bond donors (Lipinski definition) is 1. The highest BCUT2D eigenvalue weighted by molar-refractivity contribution is 6.04. The first-order valence-corrected chi connectivity index (χ1v) is 7.03. The normalized spacial score (nSPS) is 14.0. The molecule has 0 aromatic heterocycles. The molecule has 0 radical (unpaired) electrons. The molecule has 2 atom stereocenters. The van der Waals surface area contributed by atoms with Gasteiger partial charge in [0.05, 0.1) is 20.3 Å². The SMILES string of the molecule is C=CC[C@@](C(C)=O)(C(=O)OC)[C@@H](NC(=O)OC)c1ccccc1. The minimum atomic E-state index is -1.62. The molecule has 0 heterocycles. The molecule has 0 aliphatic rings. The van der Waals surface area contributed by atoms with Crippen LogP contribution in [-0.2, 0) is 19.1 Å². The third kappa shape index (κ3) is 3.77. The monoisotopic (exact) mass is 319 g/mol. The second-order valence-electron chi connectivity index (χ2n) is 4.99. The van der Waals surface area contributed by atoms with Gasteiger partial charge >= 0.3 is 12.1 Å². The maximum absolute atomic E-state index is 12.5. The van der Waals surface area contributed by atoms with E-state index in [1.54, 1.807) is 30.3 Å². The molecule has 1 amide bonds. The Bertz CT molecular complexity index is 584. The van der Waals surface area contributed by atoms with Crippen LogP contribution in [0.15, 0.2) is 43.0 Å². The van der Waals surface area contributed by atoms with Crippen LogP contribution in [0.5, 0.6) is 0 Å². The van der Waals surface area contributed by atoms with Gasteiger partial charge in [-0.3, -0.25) is 9.59 Å². The molecule has 0 fully saturated rings. The quantitative estimate of drug-likeness (QED) is 0.474. The Kier molecular flexibility index (Phi) is 6.50. The van der Waals surface area contributed by atoms with Crippen molar-refractivity contribution < 1.29 is 23.9 Å². The number of rotatable bonds is 7. The Morgan fingerprint density at radius 1 is 1.22 bits per heavy atom. The van der Waals surface area contributed by atoms with Gasteiger partial charge in [0.2, 0.25) is 0 Å². The van der Waals surface area contributed by atoms with Gasteiger partial charge in [-0.05, 0) is 18.9 Å². The summed E-state index contributed by atoms with van der Waals surface area (Å²) in [5.41, 5.74) is -1.04. The van der Waals surface area contributed by atoms with Crippen molar-refractivity contribution in [2.45, 2.75) is 19.4 Å². The van der Waals surface area contributed by atoms with Gasteiger partial charge in [-0.25, -0.2) is 4.79 Å². The van der Waals surface area contributed by atoms with Crippen molar-refractivity contribution in [2.24, 2.45) is 5.41 Å². The zero-order valence-electron chi connectivity index (χ0n) is 13.5. The zero-order valence-corrected chi connectivity index (χ0v) is 13.5. The number of ketones is 1. The number of alkyl carbamates (subject to hydrolysis) is 1. The van der Waals surface area contributed by atoms with Gasteiger partial charge in [0.25, 0.3) is 0 Å². The molecule has 0 aliphatic carbocycles. The van der Waals surface area contributed by atoms with Crippen LogP contribution in [0.3, 0.4) is 0 Å². The first-order chi connectivity index (χ1) is 10.9. The molecular formula is C17H21NO5. The van der Waals surface area contributed by atoms with Crippen LogP contribution in [0.25, 0.3) is 0 Å². The lowest BCUT2D eigenvalue weighted by Gasteiger charge is -2.36. The third-order valence-electron chi connectivity index (χ3n) is 3.72. The van der Waals surface area contributed by atoms with Crippen LogP contribution in [0.2, 0.25) is 0 Å².